The maximum atomic E-state index is 12.8. The van der Waals surface area contributed by atoms with Gasteiger partial charge in [0.15, 0.2) is 11.5 Å². The van der Waals surface area contributed by atoms with Crippen LogP contribution in [0.15, 0.2) is 18.2 Å². The summed E-state index contributed by atoms with van der Waals surface area (Å²) in [5.74, 6) is 0.557. The lowest BCUT2D eigenvalue weighted by atomic mass is 10.1. The van der Waals surface area contributed by atoms with E-state index in [-0.39, 0.29) is 18.7 Å². The molecule has 28 heavy (non-hydrogen) atoms. The molecular formula is C21H23NO5S. The molecule has 148 valence electrons. The predicted molar refractivity (Wildman–Crippen MR) is 107 cm³/mol. The number of nitrogens with one attached hydrogen (secondary N) is 1. The summed E-state index contributed by atoms with van der Waals surface area (Å²) in [6, 6.07) is 5.07. The Labute approximate surface area is 167 Å². The fraction of sp³-hybridized carbons (Fsp3) is 0.429. The van der Waals surface area contributed by atoms with Crippen molar-refractivity contribution in [3.05, 3.63) is 39.8 Å². The van der Waals surface area contributed by atoms with Gasteiger partial charge in [0, 0.05) is 10.4 Å². The summed E-state index contributed by atoms with van der Waals surface area (Å²) in [6.45, 7) is 2.49. The largest absolute Gasteiger partial charge is 0.462 e. The Kier molecular flexibility index (Phi) is 5.52. The molecule has 4 rings (SSSR count). The number of hydrogen-bond acceptors (Lipinski definition) is 6. The molecule has 1 aromatic heterocycles. The SMILES string of the molecule is CCCOC(=O)c1c(NC(=O)c2ccc3c(c2)OCO3)sc2c1CCCCC2. The van der Waals surface area contributed by atoms with Gasteiger partial charge < -0.3 is 19.5 Å². The number of ether oxygens (including phenoxy) is 3. The highest BCUT2D eigenvalue weighted by Crippen LogP contribution is 2.39. The van der Waals surface area contributed by atoms with Crippen molar-refractivity contribution in [1.29, 1.82) is 0 Å². The van der Waals surface area contributed by atoms with Crippen LogP contribution in [0.4, 0.5) is 5.00 Å². The highest BCUT2D eigenvalue weighted by atomic mass is 32.1. The van der Waals surface area contributed by atoms with Crippen molar-refractivity contribution in [2.75, 3.05) is 18.7 Å². The molecule has 0 spiro atoms. The molecule has 0 atom stereocenters. The predicted octanol–water partition coefficient (Wildman–Crippen LogP) is 4.56. The molecule has 0 bridgehead atoms. The van der Waals surface area contributed by atoms with Crippen LogP contribution < -0.4 is 14.8 Å². The van der Waals surface area contributed by atoms with E-state index in [2.05, 4.69) is 5.32 Å². The summed E-state index contributed by atoms with van der Waals surface area (Å²) < 4.78 is 16.1. The molecule has 0 saturated carbocycles. The third-order valence-electron chi connectivity index (χ3n) is 4.92. The second-order valence-corrected chi connectivity index (χ2v) is 8.03. The Morgan fingerprint density at radius 2 is 1.96 bits per heavy atom. The second-order valence-electron chi connectivity index (χ2n) is 6.93. The summed E-state index contributed by atoms with van der Waals surface area (Å²) in [4.78, 5) is 26.8. The lowest BCUT2D eigenvalue weighted by Crippen LogP contribution is -2.15. The molecule has 1 N–H and O–H groups in total. The summed E-state index contributed by atoms with van der Waals surface area (Å²) in [7, 11) is 0. The number of amides is 1. The zero-order chi connectivity index (χ0) is 19.5. The van der Waals surface area contributed by atoms with Crippen LogP contribution in [-0.2, 0) is 17.6 Å². The molecule has 1 aromatic carbocycles. The molecule has 0 fully saturated rings. The second kappa shape index (κ2) is 8.22. The number of anilines is 1. The summed E-state index contributed by atoms with van der Waals surface area (Å²) >= 11 is 1.50. The number of thiophene rings is 1. The lowest BCUT2D eigenvalue weighted by molar-refractivity contribution is 0.0505. The normalized spacial score (nSPS) is 14.9. The zero-order valence-electron chi connectivity index (χ0n) is 15.8. The van der Waals surface area contributed by atoms with Crippen LogP contribution in [0.25, 0.3) is 0 Å². The van der Waals surface area contributed by atoms with E-state index in [1.54, 1.807) is 18.2 Å². The molecule has 0 saturated heterocycles. The highest BCUT2D eigenvalue weighted by Gasteiger charge is 2.27. The number of fused-ring (bicyclic) bond motifs is 2. The Hall–Kier alpha value is -2.54. The van der Waals surface area contributed by atoms with Gasteiger partial charge in [0.25, 0.3) is 5.91 Å². The highest BCUT2D eigenvalue weighted by molar-refractivity contribution is 7.17. The first-order chi connectivity index (χ1) is 13.7. The van der Waals surface area contributed by atoms with Crippen LogP contribution in [-0.4, -0.2) is 25.3 Å². The van der Waals surface area contributed by atoms with Gasteiger partial charge in [0.1, 0.15) is 5.00 Å². The number of rotatable bonds is 5. The van der Waals surface area contributed by atoms with Crippen molar-refractivity contribution in [2.45, 2.75) is 45.4 Å². The Morgan fingerprint density at radius 3 is 2.82 bits per heavy atom. The summed E-state index contributed by atoms with van der Waals surface area (Å²) in [5.41, 5.74) is 2.04. The smallest absolute Gasteiger partial charge is 0.341 e. The zero-order valence-corrected chi connectivity index (χ0v) is 16.7. The number of carbonyl (C=O) groups excluding carboxylic acids is 2. The van der Waals surface area contributed by atoms with Crippen LogP contribution in [0, 0.1) is 0 Å². The third-order valence-corrected chi connectivity index (χ3v) is 6.13. The molecule has 2 heterocycles. The van der Waals surface area contributed by atoms with Crippen LogP contribution in [0.1, 0.15) is 63.8 Å². The molecule has 6 nitrogen and oxygen atoms in total. The summed E-state index contributed by atoms with van der Waals surface area (Å²) in [6.07, 6.45) is 5.86. The monoisotopic (exact) mass is 401 g/mol. The number of carbonyl (C=O) groups is 2. The maximum Gasteiger partial charge on any atom is 0.341 e. The Morgan fingerprint density at radius 1 is 1.14 bits per heavy atom. The van der Waals surface area contributed by atoms with E-state index in [9.17, 15) is 9.59 Å². The number of esters is 1. The van der Waals surface area contributed by atoms with Crippen molar-refractivity contribution in [1.82, 2.24) is 0 Å². The van der Waals surface area contributed by atoms with Crippen molar-refractivity contribution >= 4 is 28.2 Å². The fourth-order valence-electron chi connectivity index (χ4n) is 3.53. The van der Waals surface area contributed by atoms with Crippen LogP contribution in [0.2, 0.25) is 0 Å². The van der Waals surface area contributed by atoms with Gasteiger partial charge in [-0.3, -0.25) is 4.79 Å². The first kappa shape index (κ1) is 18.8. The Bertz CT molecular complexity index is 904. The van der Waals surface area contributed by atoms with Gasteiger partial charge in [-0.05, 0) is 55.9 Å². The molecule has 1 aliphatic heterocycles. The van der Waals surface area contributed by atoms with E-state index in [4.69, 9.17) is 14.2 Å². The average molecular weight is 401 g/mol. The van der Waals surface area contributed by atoms with E-state index in [1.807, 2.05) is 6.92 Å². The van der Waals surface area contributed by atoms with E-state index >= 15 is 0 Å². The summed E-state index contributed by atoms with van der Waals surface area (Å²) in [5, 5.41) is 3.51. The molecule has 0 unspecified atom stereocenters. The van der Waals surface area contributed by atoms with Crippen LogP contribution in [0.5, 0.6) is 11.5 Å². The third kappa shape index (κ3) is 3.71. The number of benzene rings is 1. The van der Waals surface area contributed by atoms with E-state index in [1.165, 1.54) is 16.2 Å². The fourth-order valence-corrected chi connectivity index (χ4v) is 4.80. The van der Waals surface area contributed by atoms with Crippen molar-refractivity contribution < 1.29 is 23.8 Å². The van der Waals surface area contributed by atoms with Gasteiger partial charge in [0.2, 0.25) is 6.79 Å². The Balaban J connectivity index is 1.62. The van der Waals surface area contributed by atoms with E-state index in [0.717, 1.165) is 44.1 Å². The molecule has 2 aromatic rings. The first-order valence-corrected chi connectivity index (χ1v) is 10.5. The van der Waals surface area contributed by atoms with Gasteiger partial charge in [-0.2, -0.15) is 0 Å². The maximum absolute atomic E-state index is 12.8. The molecule has 1 aliphatic carbocycles. The van der Waals surface area contributed by atoms with E-state index < -0.39 is 0 Å². The van der Waals surface area contributed by atoms with Crippen molar-refractivity contribution in [3.63, 3.8) is 0 Å². The molecule has 2 aliphatic rings. The topological polar surface area (TPSA) is 73.9 Å². The minimum Gasteiger partial charge on any atom is -0.462 e. The minimum absolute atomic E-state index is 0.158. The quantitative estimate of drug-likeness (QED) is 0.587. The van der Waals surface area contributed by atoms with Crippen molar-refractivity contribution in [3.8, 4) is 11.5 Å². The van der Waals surface area contributed by atoms with Crippen LogP contribution >= 0.6 is 11.3 Å². The number of hydrogen-bond donors (Lipinski definition) is 1. The van der Waals surface area contributed by atoms with Gasteiger partial charge in [-0.15, -0.1) is 11.3 Å². The van der Waals surface area contributed by atoms with Crippen LogP contribution in [0.3, 0.4) is 0 Å². The molecule has 7 heteroatoms. The van der Waals surface area contributed by atoms with Gasteiger partial charge in [0.05, 0.1) is 12.2 Å². The van der Waals surface area contributed by atoms with E-state index in [0.29, 0.717) is 34.2 Å². The standard InChI is InChI=1S/C21H23NO5S/c1-2-10-25-21(24)18-14-6-4-3-5-7-17(14)28-20(18)22-19(23)13-8-9-15-16(11-13)27-12-26-15/h8-9,11H,2-7,10,12H2,1H3,(H,22,23). The lowest BCUT2D eigenvalue weighted by Gasteiger charge is -2.09. The molecular weight excluding hydrogens is 378 g/mol. The number of aryl methyl sites for hydroxylation is 1. The van der Waals surface area contributed by atoms with Crippen molar-refractivity contribution in [2.24, 2.45) is 0 Å². The minimum atomic E-state index is -0.345. The van der Waals surface area contributed by atoms with Gasteiger partial charge >= 0.3 is 5.97 Å². The average Bonchev–Trinajstić information content (AvgIpc) is 3.23. The molecule has 0 radical (unpaired) electrons. The molecule has 1 amide bonds. The van der Waals surface area contributed by atoms with Gasteiger partial charge in [-0.1, -0.05) is 13.3 Å². The first-order valence-electron chi connectivity index (χ1n) is 9.70. The van der Waals surface area contributed by atoms with Gasteiger partial charge in [-0.25, -0.2) is 4.79 Å².